The Morgan fingerprint density at radius 3 is 2.41 bits per heavy atom. The Morgan fingerprint density at radius 2 is 1.91 bits per heavy atom. The summed E-state index contributed by atoms with van der Waals surface area (Å²) < 4.78 is 80.3. The highest BCUT2D eigenvalue weighted by atomic mass is 19.3. The van der Waals surface area contributed by atoms with Crippen molar-refractivity contribution in [1.29, 1.82) is 0 Å². The van der Waals surface area contributed by atoms with Crippen molar-refractivity contribution >= 4 is 0 Å². The number of rotatable bonds is 5. The second-order valence-corrected chi connectivity index (χ2v) is 4.50. The fourth-order valence-corrected chi connectivity index (χ4v) is 1.92. The molecule has 0 aliphatic carbocycles. The molecule has 0 spiro atoms. The lowest BCUT2D eigenvalue weighted by Crippen LogP contribution is -2.53. The summed E-state index contributed by atoms with van der Waals surface area (Å²) in [6, 6.07) is 1.27. The van der Waals surface area contributed by atoms with Crippen LogP contribution in [0.3, 0.4) is 0 Å². The van der Waals surface area contributed by atoms with Crippen molar-refractivity contribution in [1.82, 2.24) is 14.8 Å². The van der Waals surface area contributed by atoms with Gasteiger partial charge in [-0.05, 0) is 12.1 Å². The van der Waals surface area contributed by atoms with Crippen LogP contribution in [0.15, 0.2) is 30.9 Å². The van der Waals surface area contributed by atoms with Gasteiger partial charge in [-0.2, -0.15) is 13.9 Å². The zero-order chi connectivity index (χ0) is 16.5. The predicted molar refractivity (Wildman–Crippen MR) is 61.2 cm³/mol. The van der Waals surface area contributed by atoms with Crippen LogP contribution in [0.25, 0.3) is 0 Å². The lowest BCUT2D eigenvalue weighted by Gasteiger charge is -2.35. The Morgan fingerprint density at radius 1 is 1.23 bits per heavy atom. The van der Waals surface area contributed by atoms with Gasteiger partial charge in [0, 0.05) is 11.6 Å². The lowest BCUT2D eigenvalue weighted by molar-refractivity contribution is -0.255. The molecule has 1 unspecified atom stereocenters. The summed E-state index contributed by atoms with van der Waals surface area (Å²) in [4.78, 5) is 3.42. The zero-order valence-electron chi connectivity index (χ0n) is 10.7. The smallest absolute Gasteiger partial charge is 0.341 e. The Hall–Kier alpha value is -2.10. The molecule has 0 aliphatic heterocycles. The molecule has 1 atom stereocenters. The minimum absolute atomic E-state index is 0.211. The molecule has 1 aromatic carbocycles. The van der Waals surface area contributed by atoms with Crippen LogP contribution >= 0.6 is 0 Å². The summed E-state index contributed by atoms with van der Waals surface area (Å²) in [5, 5.41) is 13.6. The zero-order valence-corrected chi connectivity index (χ0v) is 10.7. The standard InChI is InChI=1S/C12H9F6N3O/c13-7-1-2-8(9(14)3-7)11(22,12(17,18)10(15)16)4-21-6-19-5-20-21/h1-3,5-6,10,22H,4H2. The summed E-state index contributed by atoms with van der Waals surface area (Å²) in [6.07, 6.45) is -2.49. The number of alkyl halides is 4. The Bertz CT molecular complexity index is 648. The fraction of sp³-hybridized carbons (Fsp3) is 0.333. The van der Waals surface area contributed by atoms with E-state index in [1.54, 1.807) is 0 Å². The highest BCUT2D eigenvalue weighted by molar-refractivity contribution is 5.28. The molecule has 0 saturated carbocycles. The van der Waals surface area contributed by atoms with Crippen molar-refractivity contribution in [2.45, 2.75) is 24.5 Å². The van der Waals surface area contributed by atoms with Crippen molar-refractivity contribution in [2.24, 2.45) is 0 Å². The van der Waals surface area contributed by atoms with Gasteiger partial charge in [0.05, 0.1) is 6.54 Å². The monoisotopic (exact) mass is 325 g/mol. The minimum Gasteiger partial charge on any atom is -0.377 e. The second kappa shape index (κ2) is 5.59. The van der Waals surface area contributed by atoms with Crippen molar-refractivity contribution in [3.05, 3.63) is 48.1 Å². The molecule has 4 nitrogen and oxygen atoms in total. The van der Waals surface area contributed by atoms with E-state index >= 15 is 0 Å². The number of nitrogens with zero attached hydrogens (tertiary/aromatic N) is 3. The third kappa shape index (κ3) is 2.65. The topological polar surface area (TPSA) is 50.9 Å². The molecule has 0 fully saturated rings. The van der Waals surface area contributed by atoms with Gasteiger partial charge in [-0.25, -0.2) is 27.2 Å². The molecular formula is C12H9F6N3O. The third-order valence-electron chi connectivity index (χ3n) is 3.06. The van der Waals surface area contributed by atoms with Gasteiger partial charge in [0.2, 0.25) is 0 Å². The van der Waals surface area contributed by atoms with Crippen LogP contribution in [-0.4, -0.2) is 32.2 Å². The van der Waals surface area contributed by atoms with Crippen LogP contribution in [0.5, 0.6) is 0 Å². The van der Waals surface area contributed by atoms with Gasteiger partial charge in [0.25, 0.3) is 0 Å². The van der Waals surface area contributed by atoms with Gasteiger partial charge in [0.15, 0.2) is 5.60 Å². The molecule has 1 N–H and O–H groups in total. The molecule has 10 heteroatoms. The molecular weight excluding hydrogens is 316 g/mol. The Labute approximate surface area is 120 Å². The lowest BCUT2D eigenvalue weighted by atomic mass is 9.86. The van der Waals surface area contributed by atoms with E-state index in [4.69, 9.17) is 0 Å². The Balaban J connectivity index is 2.59. The molecule has 1 heterocycles. The summed E-state index contributed by atoms with van der Waals surface area (Å²) in [5.74, 6) is -7.70. The molecule has 0 radical (unpaired) electrons. The molecule has 0 saturated heterocycles. The normalized spacial score (nSPS) is 15.1. The van der Waals surface area contributed by atoms with E-state index in [2.05, 4.69) is 10.1 Å². The van der Waals surface area contributed by atoms with E-state index in [9.17, 15) is 31.4 Å². The maximum atomic E-state index is 13.8. The number of hydrogen-bond acceptors (Lipinski definition) is 3. The van der Waals surface area contributed by atoms with E-state index in [1.165, 1.54) is 0 Å². The van der Waals surface area contributed by atoms with Crippen LogP contribution in [0.2, 0.25) is 0 Å². The van der Waals surface area contributed by atoms with E-state index in [-0.39, 0.29) is 6.07 Å². The van der Waals surface area contributed by atoms with E-state index in [0.29, 0.717) is 16.8 Å². The summed E-state index contributed by atoms with van der Waals surface area (Å²) in [6.45, 7) is -1.20. The van der Waals surface area contributed by atoms with Crippen molar-refractivity contribution in [3.8, 4) is 0 Å². The number of hydrogen-bond donors (Lipinski definition) is 1. The maximum absolute atomic E-state index is 13.8. The molecule has 2 rings (SSSR count). The summed E-state index contributed by atoms with van der Waals surface area (Å²) in [5.41, 5.74) is -4.82. The van der Waals surface area contributed by atoms with Crippen molar-refractivity contribution < 1.29 is 31.4 Å². The fourth-order valence-electron chi connectivity index (χ4n) is 1.92. The molecule has 1 aromatic heterocycles. The van der Waals surface area contributed by atoms with E-state index in [1.807, 2.05) is 0 Å². The van der Waals surface area contributed by atoms with Gasteiger partial charge >= 0.3 is 12.3 Å². The van der Waals surface area contributed by atoms with Crippen LogP contribution in [0, 0.1) is 11.6 Å². The van der Waals surface area contributed by atoms with Crippen molar-refractivity contribution in [2.75, 3.05) is 0 Å². The molecule has 0 amide bonds. The highest BCUT2D eigenvalue weighted by Crippen LogP contribution is 2.44. The highest BCUT2D eigenvalue weighted by Gasteiger charge is 2.61. The molecule has 2 aromatic rings. The van der Waals surface area contributed by atoms with Crippen molar-refractivity contribution in [3.63, 3.8) is 0 Å². The van der Waals surface area contributed by atoms with Gasteiger partial charge < -0.3 is 5.11 Å². The first-order chi connectivity index (χ1) is 10.2. The largest absolute Gasteiger partial charge is 0.377 e. The predicted octanol–water partition coefficient (Wildman–Crippen LogP) is 2.34. The van der Waals surface area contributed by atoms with Crippen LogP contribution < -0.4 is 0 Å². The molecule has 120 valence electrons. The quantitative estimate of drug-likeness (QED) is 0.859. The minimum atomic E-state index is -5.02. The second-order valence-electron chi connectivity index (χ2n) is 4.50. The first kappa shape index (κ1) is 16.3. The van der Waals surface area contributed by atoms with E-state index < -0.39 is 41.7 Å². The average molecular weight is 325 g/mol. The number of halogens is 6. The summed E-state index contributed by atoms with van der Waals surface area (Å²) >= 11 is 0. The molecule has 22 heavy (non-hydrogen) atoms. The molecule has 0 aliphatic rings. The van der Waals surface area contributed by atoms with E-state index in [0.717, 1.165) is 12.7 Å². The van der Waals surface area contributed by atoms with Crippen LogP contribution in [0.1, 0.15) is 5.56 Å². The van der Waals surface area contributed by atoms with Gasteiger partial charge in [0.1, 0.15) is 24.3 Å². The molecule has 0 bridgehead atoms. The average Bonchev–Trinajstić information content (AvgIpc) is 2.90. The summed E-state index contributed by atoms with van der Waals surface area (Å²) in [7, 11) is 0. The number of aromatic nitrogens is 3. The van der Waals surface area contributed by atoms with Crippen LogP contribution in [-0.2, 0) is 12.1 Å². The van der Waals surface area contributed by atoms with Crippen LogP contribution in [0.4, 0.5) is 26.3 Å². The maximum Gasteiger partial charge on any atom is 0.341 e. The first-order valence-corrected chi connectivity index (χ1v) is 5.85. The van der Waals surface area contributed by atoms with Gasteiger partial charge in [-0.3, -0.25) is 0 Å². The number of benzene rings is 1. The third-order valence-corrected chi connectivity index (χ3v) is 3.06. The van der Waals surface area contributed by atoms with Gasteiger partial charge in [-0.1, -0.05) is 0 Å². The van der Waals surface area contributed by atoms with Gasteiger partial charge in [-0.15, -0.1) is 0 Å². The Kier molecular flexibility index (Phi) is 4.14. The number of aliphatic hydroxyl groups is 1. The first-order valence-electron chi connectivity index (χ1n) is 5.85. The SMILES string of the molecule is OC(Cn1cncn1)(c1ccc(F)cc1F)C(F)(F)C(F)F.